The van der Waals surface area contributed by atoms with E-state index >= 15 is 0 Å². The number of aliphatic hydroxyl groups excluding tert-OH is 1. The summed E-state index contributed by atoms with van der Waals surface area (Å²) >= 11 is 9.21. The summed E-state index contributed by atoms with van der Waals surface area (Å²) in [7, 11) is 0. The zero-order valence-electron chi connectivity index (χ0n) is 8.84. The second-order valence-corrected chi connectivity index (χ2v) is 4.71. The highest BCUT2D eigenvalue weighted by atomic mass is 79.9. The zero-order chi connectivity index (χ0) is 12.1. The fourth-order valence-corrected chi connectivity index (χ4v) is 1.97. The molecule has 0 aromatic heterocycles. The van der Waals surface area contributed by atoms with Gasteiger partial charge < -0.3 is 10.4 Å². The van der Waals surface area contributed by atoms with Crippen molar-refractivity contribution in [1.29, 1.82) is 0 Å². The highest BCUT2D eigenvalue weighted by Crippen LogP contribution is 2.21. The van der Waals surface area contributed by atoms with Crippen LogP contribution in [0.3, 0.4) is 0 Å². The molecular weight excluding hydrogens is 293 g/mol. The summed E-state index contributed by atoms with van der Waals surface area (Å²) in [6.45, 7) is 1.82. The minimum atomic E-state index is -0.265. The molecular formula is C11H13BrClNO2. The zero-order valence-corrected chi connectivity index (χ0v) is 11.2. The molecule has 0 fully saturated rings. The van der Waals surface area contributed by atoms with Crippen molar-refractivity contribution >= 4 is 33.4 Å². The molecule has 1 unspecified atom stereocenters. The molecule has 5 heteroatoms. The van der Waals surface area contributed by atoms with Gasteiger partial charge in [-0.1, -0.05) is 34.5 Å². The summed E-state index contributed by atoms with van der Waals surface area (Å²) in [4.78, 5) is 11.8. The second-order valence-electron chi connectivity index (χ2n) is 3.39. The molecule has 0 saturated heterocycles. The standard InChI is InChI=1S/C11H13BrClNO2/c1-2-8(6-15)14-11(16)9-4-3-7(12)5-10(9)13/h3-5,8,15H,2,6H2,1H3,(H,14,16). The van der Waals surface area contributed by atoms with E-state index < -0.39 is 0 Å². The van der Waals surface area contributed by atoms with Crippen LogP contribution in [0.2, 0.25) is 5.02 Å². The first-order valence-electron chi connectivity index (χ1n) is 4.95. The van der Waals surface area contributed by atoms with Gasteiger partial charge >= 0.3 is 0 Å². The molecule has 0 heterocycles. The second kappa shape index (κ2) is 6.23. The maximum Gasteiger partial charge on any atom is 0.253 e. The number of hydrogen-bond acceptors (Lipinski definition) is 2. The Kier molecular flexibility index (Phi) is 5.25. The number of hydrogen-bond donors (Lipinski definition) is 2. The number of aliphatic hydroxyl groups is 1. The molecule has 2 N–H and O–H groups in total. The van der Waals surface area contributed by atoms with Crippen LogP contribution < -0.4 is 5.32 Å². The maximum atomic E-state index is 11.8. The van der Waals surface area contributed by atoms with Crippen LogP contribution in [0.4, 0.5) is 0 Å². The molecule has 88 valence electrons. The lowest BCUT2D eigenvalue weighted by Crippen LogP contribution is -2.37. The quantitative estimate of drug-likeness (QED) is 0.898. The Morgan fingerprint density at radius 1 is 1.62 bits per heavy atom. The summed E-state index contributed by atoms with van der Waals surface area (Å²) in [5, 5.41) is 12.1. The number of carbonyl (C=O) groups excluding carboxylic acids is 1. The molecule has 1 aromatic rings. The normalized spacial score (nSPS) is 12.2. The van der Waals surface area contributed by atoms with Gasteiger partial charge in [-0.2, -0.15) is 0 Å². The van der Waals surface area contributed by atoms with Crippen LogP contribution in [0.5, 0.6) is 0 Å². The predicted molar refractivity (Wildman–Crippen MR) is 67.8 cm³/mol. The van der Waals surface area contributed by atoms with Gasteiger partial charge in [0.1, 0.15) is 0 Å². The molecule has 16 heavy (non-hydrogen) atoms. The smallest absolute Gasteiger partial charge is 0.253 e. The van der Waals surface area contributed by atoms with E-state index in [0.29, 0.717) is 17.0 Å². The molecule has 0 saturated carbocycles. The van der Waals surface area contributed by atoms with E-state index in [-0.39, 0.29) is 18.6 Å². The van der Waals surface area contributed by atoms with Gasteiger partial charge in [0.25, 0.3) is 5.91 Å². The van der Waals surface area contributed by atoms with E-state index in [2.05, 4.69) is 21.2 Å². The van der Waals surface area contributed by atoms with Crippen LogP contribution in [0.25, 0.3) is 0 Å². The lowest BCUT2D eigenvalue weighted by Gasteiger charge is -2.14. The Hall–Kier alpha value is -0.580. The van der Waals surface area contributed by atoms with Gasteiger partial charge in [0, 0.05) is 4.47 Å². The van der Waals surface area contributed by atoms with Gasteiger partial charge in [0.05, 0.1) is 23.2 Å². The Labute approximate surface area is 108 Å². The number of rotatable bonds is 4. The first-order valence-corrected chi connectivity index (χ1v) is 6.12. The molecule has 1 aromatic carbocycles. The third-order valence-electron chi connectivity index (χ3n) is 2.22. The van der Waals surface area contributed by atoms with Crippen LogP contribution >= 0.6 is 27.5 Å². The van der Waals surface area contributed by atoms with Crippen LogP contribution in [-0.4, -0.2) is 23.7 Å². The first-order chi connectivity index (χ1) is 7.58. The Bertz CT molecular complexity index is 380. The molecule has 1 atom stereocenters. The first kappa shape index (κ1) is 13.5. The summed E-state index contributed by atoms with van der Waals surface area (Å²) in [5.41, 5.74) is 0.414. The fraction of sp³-hybridized carbons (Fsp3) is 0.364. The maximum absolute atomic E-state index is 11.8. The van der Waals surface area contributed by atoms with Gasteiger partial charge in [-0.05, 0) is 24.6 Å². The van der Waals surface area contributed by atoms with Gasteiger partial charge in [0.15, 0.2) is 0 Å². The van der Waals surface area contributed by atoms with Crippen LogP contribution in [-0.2, 0) is 0 Å². The molecule has 0 bridgehead atoms. The minimum absolute atomic E-state index is 0.0730. The molecule has 1 amide bonds. The summed E-state index contributed by atoms with van der Waals surface area (Å²) < 4.78 is 0.822. The summed E-state index contributed by atoms with van der Waals surface area (Å²) in [6.07, 6.45) is 0.677. The molecule has 0 spiro atoms. The Balaban J connectivity index is 2.80. The number of benzene rings is 1. The lowest BCUT2D eigenvalue weighted by molar-refractivity contribution is 0.0915. The average Bonchev–Trinajstić information content (AvgIpc) is 2.25. The molecule has 3 nitrogen and oxygen atoms in total. The van der Waals surface area contributed by atoms with E-state index in [0.717, 1.165) is 4.47 Å². The van der Waals surface area contributed by atoms with Gasteiger partial charge in [-0.3, -0.25) is 4.79 Å². The highest BCUT2D eigenvalue weighted by molar-refractivity contribution is 9.10. The van der Waals surface area contributed by atoms with Crippen molar-refractivity contribution in [1.82, 2.24) is 5.32 Å². The lowest BCUT2D eigenvalue weighted by atomic mass is 10.2. The van der Waals surface area contributed by atoms with Crippen molar-refractivity contribution in [3.63, 3.8) is 0 Å². The highest BCUT2D eigenvalue weighted by Gasteiger charge is 2.14. The van der Waals surface area contributed by atoms with Crippen molar-refractivity contribution in [2.75, 3.05) is 6.61 Å². The average molecular weight is 307 g/mol. The number of carbonyl (C=O) groups is 1. The van der Waals surface area contributed by atoms with E-state index in [4.69, 9.17) is 16.7 Å². The van der Waals surface area contributed by atoms with Crippen molar-refractivity contribution in [3.8, 4) is 0 Å². The largest absolute Gasteiger partial charge is 0.394 e. The molecule has 1 rings (SSSR count). The van der Waals surface area contributed by atoms with Gasteiger partial charge in [-0.25, -0.2) is 0 Å². The van der Waals surface area contributed by atoms with E-state index in [9.17, 15) is 4.79 Å². The Morgan fingerprint density at radius 3 is 2.81 bits per heavy atom. The monoisotopic (exact) mass is 305 g/mol. The van der Waals surface area contributed by atoms with Crippen molar-refractivity contribution in [3.05, 3.63) is 33.3 Å². The van der Waals surface area contributed by atoms with E-state index in [1.54, 1.807) is 18.2 Å². The minimum Gasteiger partial charge on any atom is -0.394 e. The van der Waals surface area contributed by atoms with Crippen LogP contribution in [0, 0.1) is 0 Å². The molecule has 0 aliphatic rings. The van der Waals surface area contributed by atoms with Gasteiger partial charge in [0.2, 0.25) is 0 Å². The van der Waals surface area contributed by atoms with Crippen LogP contribution in [0.15, 0.2) is 22.7 Å². The number of nitrogens with one attached hydrogen (secondary N) is 1. The third kappa shape index (κ3) is 3.47. The van der Waals surface area contributed by atoms with E-state index in [1.165, 1.54) is 0 Å². The van der Waals surface area contributed by atoms with Crippen molar-refractivity contribution in [2.45, 2.75) is 19.4 Å². The molecule has 0 aliphatic heterocycles. The summed E-state index contributed by atoms with van der Waals surface area (Å²) in [6, 6.07) is 4.83. The summed E-state index contributed by atoms with van der Waals surface area (Å²) in [5.74, 6) is -0.265. The van der Waals surface area contributed by atoms with Crippen molar-refractivity contribution < 1.29 is 9.90 Å². The number of halogens is 2. The predicted octanol–water partition coefficient (Wildman–Crippen LogP) is 2.60. The Morgan fingerprint density at radius 2 is 2.31 bits per heavy atom. The van der Waals surface area contributed by atoms with Crippen molar-refractivity contribution in [2.24, 2.45) is 0 Å². The van der Waals surface area contributed by atoms with Gasteiger partial charge in [-0.15, -0.1) is 0 Å². The van der Waals surface area contributed by atoms with Crippen LogP contribution in [0.1, 0.15) is 23.7 Å². The number of amides is 1. The molecule has 0 radical (unpaired) electrons. The third-order valence-corrected chi connectivity index (χ3v) is 3.03. The SMILES string of the molecule is CCC(CO)NC(=O)c1ccc(Br)cc1Cl. The topological polar surface area (TPSA) is 49.3 Å². The van der Waals surface area contributed by atoms with E-state index in [1.807, 2.05) is 6.92 Å². The molecule has 0 aliphatic carbocycles. The fourth-order valence-electron chi connectivity index (χ4n) is 1.21.